The summed E-state index contributed by atoms with van der Waals surface area (Å²) < 4.78 is 7.42. The van der Waals surface area contributed by atoms with E-state index in [4.69, 9.17) is 4.74 Å². The van der Waals surface area contributed by atoms with Gasteiger partial charge in [-0.2, -0.15) is 0 Å². The molecule has 2 amide bonds. The van der Waals surface area contributed by atoms with Crippen molar-refractivity contribution in [3.05, 3.63) is 47.2 Å². The third-order valence-electron chi connectivity index (χ3n) is 5.02. The van der Waals surface area contributed by atoms with Crippen LogP contribution in [0.15, 0.2) is 30.3 Å². The van der Waals surface area contributed by atoms with Gasteiger partial charge in [-0.25, -0.2) is 9.67 Å². The number of amides is 2. The van der Waals surface area contributed by atoms with Crippen LogP contribution in [0.5, 0.6) is 5.88 Å². The summed E-state index contributed by atoms with van der Waals surface area (Å²) in [4.78, 5) is 31.3. The Labute approximate surface area is 182 Å². The Morgan fingerprint density at radius 3 is 2.61 bits per heavy atom. The van der Waals surface area contributed by atoms with Gasteiger partial charge in [0.25, 0.3) is 5.91 Å². The number of para-hydroxylation sites is 1. The Bertz CT molecular complexity index is 1110. The molecule has 0 radical (unpaired) electrons. The van der Waals surface area contributed by atoms with Crippen molar-refractivity contribution >= 4 is 28.5 Å². The Morgan fingerprint density at radius 2 is 1.90 bits per heavy atom. The number of fused-ring (bicyclic) bond motifs is 1. The van der Waals surface area contributed by atoms with E-state index >= 15 is 0 Å². The zero-order valence-electron chi connectivity index (χ0n) is 18.7. The zero-order chi connectivity index (χ0) is 22.5. The van der Waals surface area contributed by atoms with Crippen LogP contribution < -0.4 is 10.1 Å². The summed E-state index contributed by atoms with van der Waals surface area (Å²) in [5.74, 6) is -0.134. The summed E-state index contributed by atoms with van der Waals surface area (Å²) in [6.45, 7) is 8.01. The molecule has 0 fully saturated rings. The number of pyridine rings is 1. The monoisotopic (exact) mass is 423 g/mol. The fourth-order valence-electron chi connectivity index (χ4n) is 3.51. The molecule has 2 heterocycles. The molecule has 0 bridgehead atoms. The van der Waals surface area contributed by atoms with Crippen LogP contribution in [-0.4, -0.2) is 51.2 Å². The summed E-state index contributed by atoms with van der Waals surface area (Å²) in [6.07, 6.45) is 0.734. The van der Waals surface area contributed by atoms with Crippen molar-refractivity contribution in [1.29, 1.82) is 0 Å². The standard InChI is InChI=1S/C23H29N5O3/c1-6-11-28(13-19(29)25-18-10-8-7-9-15(18)2)20(30)14-31-23-21-16(3)12-17(4)24-22(21)27(5)26-23/h7-10,12H,6,11,13-14H2,1-5H3,(H,25,29). The number of hydrogen-bond donors (Lipinski definition) is 1. The van der Waals surface area contributed by atoms with Gasteiger partial charge in [0.1, 0.15) is 0 Å². The molecule has 0 saturated heterocycles. The first-order chi connectivity index (χ1) is 14.8. The molecule has 0 aliphatic heterocycles. The average molecular weight is 424 g/mol. The Morgan fingerprint density at radius 1 is 1.16 bits per heavy atom. The first-order valence-electron chi connectivity index (χ1n) is 10.4. The molecule has 0 saturated carbocycles. The van der Waals surface area contributed by atoms with Gasteiger partial charge >= 0.3 is 0 Å². The second-order valence-electron chi connectivity index (χ2n) is 7.67. The van der Waals surface area contributed by atoms with E-state index in [0.717, 1.165) is 34.3 Å². The number of carbonyl (C=O) groups is 2. The Kier molecular flexibility index (Phi) is 6.89. The van der Waals surface area contributed by atoms with Gasteiger partial charge in [0.2, 0.25) is 11.8 Å². The van der Waals surface area contributed by atoms with E-state index < -0.39 is 0 Å². The van der Waals surface area contributed by atoms with Crippen molar-refractivity contribution in [1.82, 2.24) is 19.7 Å². The highest BCUT2D eigenvalue weighted by Crippen LogP contribution is 2.27. The number of carbonyl (C=O) groups excluding carboxylic acids is 2. The molecule has 3 rings (SSSR count). The average Bonchev–Trinajstić information content (AvgIpc) is 3.03. The van der Waals surface area contributed by atoms with E-state index in [1.807, 2.05) is 58.0 Å². The lowest BCUT2D eigenvalue weighted by molar-refractivity contribution is -0.136. The number of aryl methyl sites for hydroxylation is 4. The molecule has 0 atom stereocenters. The van der Waals surface area contributed by atoms with Crippen LogP contribution in [0.4, 0.5) is 5.69 Å². The van der Waals surface area contributed by atoms with Crippen LogP contribution in [0, 0.1) is 20.8 Å². The van der Waals surface area contributed by atoms with E-state index in [1.54, 1.807) is 11.7 Å². The maximum absolute atomic E-state index is 12.8. The largest absolute Gasteiger partial charge is 0.466 e. The van der Waals surface area contributed by atoms with E-state index in [1.165, 1.54) is 4.90 Å². The SMILES string of the molecule is CCCN(CC(=O)Nc1ccccc1C)C(=O)COc1nn(C)c2nc(C)cc(C)c12. The van der Waals surface area contributed by atoms with E-state index in [0.29, 0.717) is 18.1 Å². The minimum absolute atomic E-state index is 0.0346. The lowest BCUT2D eigenvalue weighted by Gasteiger charge is -2.21. The Balaban J connectivity index is 1.68. The second kappa shape index (κ2) is 9.59. The molecule has 1 aromatic carbocycles. The maximum atomic E-state index is 12.8. The van der Waals surface area contributed by atoms with Gasteiger partial charge < -0.3 is 15.0 Å². The lowest BCUT2D eigenvalue weighted by Crippen LogP contribution is -2.41. The number of hydrogen-bond acceptors (Lipinski definition) is 5. The molecule has 164 valence electrons. The summed E-state index contributed by atoms with van der Waals surface area (Å²) in [5, 5.41) is 8.04. The number of nitrogens with one attached hydrogen (secondary N) is 1. The summed E-state index contributed by atoms with van der Waals surface area (Å²) in [6, 6.07) is 9.49. The third-order valence-corrected chi connectivity index (χ3v) is 5.02. The van der Waals surface area contributed by atoms with Gasteiger partial charge in [-0.15, -0.1) is 5.10 Å². The van der Waals surface area contributed by atoms with Crippen LogP contribution in [-0.2, 0) is 16.6 Å². The number of anilines is 1. The quantitative estimate of drug-likeness (QED) is 0.601. The van der Waals surface area contributed by atoms with Crippen molar-refractivity contribution in [3.63, 3.8) is 0 Å². The van der Waals surface area contributed by atoms with Crippen LogP contribution in [0.1, 0.15) is 30.2 Å². The normalized spacial score (nSPS) is 10.9. The van der Waals surface area contributed by atoms with E-state index in [-0.39, 0.29) is 25.0 Å². The fourth-order valence-corrected chi connectivity index (χ4v) is 3.51. The van der Waals surface area contributed by atoms with Gasteiger partial charge in [-0.3, -0.25) is 9.59 Å². The van der Waals surface area contributed by atoms with Crippen molar-refractivity contribution in [3.8, 4) is 5.88 Å². The minimum atomic E-state index is -0.265. The number of rotatable bonds is 8. The summed E-state index contributed by atoms with van der Waals surface area (Å²) in [5.41, 5.74) is 4.30. The molecule has 2 aromatic heterocycles. The summed E-state index contributed by atoms with van der Waals surface area (Å²) >= 11 is 0. The fraction of sp³-hybridized carbons (Fsp3) is 0.391. The van der Waals surface area contributed by atoms with Crippen molar-refractivity contribution in [2.24, 2.45) is 7.05 Å². The zero-order valence-corrected chi connectivity index (χ0v) is 18.7. The molecule has 8 nitrogen and oxygen atoms in total. The minimum Gasteiger partial charge on any atom is -0.466 e. The predicted molar refractivity (Wildman–Crippen MR) is 120 cm³/mol. The highest BCUT2D eigenvalue weighted by molar-refractivity contribution is 5.95. The molecular weight excluding hydrogens is 394 g/mol. The third kappa shape index (κ3) is 5.20. The van der Waals surface area contributed by atoms with Crippen LogP contribution in [0.25, 0.3) is 11.0 Å². The van der Waals surface area contributed by atoms with Crippen molar-refractivity contribution < 1.29 is 14.3 Å². The first kappa shape index (κ1) is 22.3. The smallest absolute Gasteiger partial charge is 0.261 e. The van der Waals surface area contributed by atoms with Gasteiger partial charge in [0.05, 0.1) is 11.9 Å². The van der Waals surface area contributed by atoms with Gasteiger partial charge in [0.15, 0.2) is 12.3 Å². The van der Waals surface area contributed by atoms with Crippen LogP contribution in [0.2, 0.25) is 0 Å². The molecule has 3 aromatic rings. The lowest BCUT2D eigenvalue weighted by atomic mass is 10.2. The maximum Gasteiger partial charge on any atom is 0.261 e. The molecule has 0 spiro atoms. The highest BCUT2D eigenvalue weighted by atomic mass is 16.5. The van der Waals surface area contributed by atoms with Gasteiger partial charge in [-0.1, -0.05) is 25.1 Å². The molecule has 0 aliphatic carbocycles. The van der Waals surface area contributed by atoms with Crippen molar-refractivity contribution in [2.45, 2.75) is 34.1 Å². The van der Waals surface area contributed by atoms with Crippen LogP contribution >= 0.6 is 0 Å². The summed E-state index contributed by atoms with van der Waals surface area (Å²) in [7, 11) is 1.79. The van der Waals surface area contributed by atoms with Gasteiger partial charge in [0, 0.05) is 25.0 Å². The molecule has 31 heavy (non-hydrogen) atoms. The molecule has 0 aliphatic rings. The number of nitrogens with zero attached hydrogens (tertiary/aromatic N) is 4. The molecule has 1 N–H and O–H groups in total. The van der Waals surface area contributed by atoms with E-state index in [9.17, 15) is 9.59 Å². The van der Waals surface area contributed by atoms with Crippen LogP contribution in [0.3, 0.4) is 0 Å². The first-order valence-corrected chi connectivity index (χ1v) is 10.4. The number of benzene rings is 1. The molecular formula is C23H29N5O3. The number of aromatic nitrogens is 3. The number of ether oxygens (including phenoxy) is 1. The van der Waals surface area contributed by atoms with Crippen molar-refractivity contribution in [2.75, 3.05) is 25.0 Å². The van der Waals surface area contributed by atoms with E-state index in [2.05, 4.69) is 15.4 Å². The highest BCUT2D eigenvalue weighted by Gasteiger charge is 2.20. The molecule has 8 heteroatoms. The predicted octanol–water partition coefficient (Wildman–Crippen LogP) is 3.15. The second-order valence-corrected chi connectivity index (χ2v) is 7.67. The molecule has 0 unspecified atom stereocenters. The topological polar surface area (TPSA) is 89.4 Å². The van der Waals surface area contributed by atoms with Gasteiger partial charge in [-0.05, 0) is 50.5 Å². The Hall–Kier alpha value is -3.42.